The number of nitrogens with zero attached hydrogens (tertiary/aromatic N) is 3. The van der Waals surface area contributed by atoms with Gasteiger partial charge in [-0.1, -0.05) is 34.4 Å². The van der Waals surface area contributed by atoms with Gasteiger partial charge in [-0.25, -0.2) is 4.79 Å². The summed E-state index contributed by atoms with van der Waals surface area (Å²) in [6.45, 7) is 5.33. The number of hydrogen-bond donors (Lipinski definition) is 3. The molecule has 1 aliphatic rings. The molecule has 1 aromatic carbocycles. The Morgan fingerprint density at radius 1 is 1.23 bits per heavy atom. The van der Waals surface area contributed by atoms with E-state index in [1.807, 2.05) is 12.1 Å². The van der Waals surface area contributed by atoms with Crippen LogP contribution in [0.25, 0.3) is 0 Å². The van der Waals surface area contributed by atoms with Crippen molar-refractivity contribution in [2.24, 2.45) is 0 Å². The summed E-state index contributed by atoms with van der Waals surface area (Å²) >= 11 is 12.1. The summed E-state index contributed by atoms with van der Waals surface area (Å²) in [7, 11) is 0. The van der Waals surface area contributed by atoms with Crippen molar-refractivity contribution in [1.29, 1.82) is 0 Å². The molecule has 168 valence electrons. The Balaban J connectivity index is 1.39. The second kappa shape index (κ2) is 11.3. The normalized spacial score (nSPS) is 16.7. The molecule has 1 fully saturated rings. The van der Waals surface area contributed by atoms with Crippen LogP contribution in [0.4, 0.5) is 4.79 Å². The number of benzene rings is 1. The molecule has 0 bridgehead atoms. The first kappa shape index (κ1) is 23.3. The lowest BCUT2D eigenvalue weighted by atomic mass is 10.2. The average molecular weight is 471 g/mol. The molecule has 1 saturated heterocycles. The Bertz CT molecular complexity index is 909. The van der Waals surface area contributed by atoms with Crippen molar-refractivity contribution in [2.75, 3.05) is 32.8 Å². The highest BCUT2D eigenvalue weighted by atomic mass is 35.5. The van der Waals surface area contributed by atoms with Gasteiger partial charge >= 0.3 is 6.03 Å². The van der Waals surface area contributed by atoms with E-state index in [0.717, 1.165) is 12.1 Å². The first-order chi connectivity index (χ1) is 14.9. The van der Waals surface area contributed by atoms with Gasteiger partial charge in [-0.05, 0) is 24.6 Å². The second-order valence-corrected chi connectivity index (χ2v) is 7.73. The Morgan fingerprint density at radius 2 is 2.06 bits per heavy atom. The zero-order chi connectivity index (χ0) is 22.2. The van der Waals surface area contributed by atoms with Crippen LogP contribution in [0.2, 0.25) is 10.0 Å². The van der Waals surface area contributed by atoms with Crippen molar-refractivity contribution in [3.05, 3.63) is 45.5 Å². The molecule has 0 saturated carbocycles. The molecule has 10 nitrogen and oxygen atoms in total. The SMILES string of the molecule is CCNC(=O)c1noc(CNC(=O)NC[C@H]2CN(Cc3ccc(Cl)c(Cl)c3)CCO2)n1. The molecule has 1 aromatic heterocycles. The van der Waals surface area contributed by atoms with Gasteiger partial charge in [-0.2, -0.15) is 4.98 Å². The standard InChI is InChI=1S/C19H24Cl2N6O4/c1-2-22-18(28)17-25-16(31-26-17)9-24-19(29)23-8-13-11-27(5-6-30-13)10-12-3-4-14(20)15(21)7-12/h3-4,7,13H,2,5-6,8-11H2,1H3,(H,22,28)(H2,23,24,29)/t13-/m0/s1. The minimum absolute atomic E-state index is 0.00716. The van der Waals surface area contributed by atoms with Crippen LogP contribution in [0.3, 0.4) is 0 Å². The van der Waals surface area contributed by atoms with Gasteiger partial charge in [-0.3, -0.25) is 9.69 Å². The molecule has 3 N–H and O–H groups in total. The number of hydrogen-bond acceptors (Lipinski definition) is 7. The highest BCUT2D eigenvalue weighted by Crippen LogP contribution is 2.23. The van der Waals surface area contributed by atoms with Crippen LogP contribution in [0.5, 0.6) is 0 Å². The lowest BCUT2D eigenvalue weighted by molar-refractivity contribution is -0.0287. The van der Waals surface area contributed by atoms with Gasteiger partial charge in [0.1, 0.15) is 0 Å². The molecule has 0 radical (unpaired) electrons. The zero-order valence-electron chi connectivity index (χ0n) is 17.0. The minimum atomic E-state index is -0.429. The maximum Gasteiger partial charge on any atom is 0.315 e. The molecule has 0 aliphatic carbocycles. The van der Waals surface area contributed by atoms with Crippen LogP contribution in [-0.2, 0) is 17.8 Å². The molecule has 12 heteroatoms. The van der Waals surface area contributed by atoms with Crippen molar-refractivity contribution in [3.8, 4) is 0 Å². The van der Waals surface area contributed by atoms with E-state index in [9.17, 15) is 9.59 Å². The maximum atomic E-state index is 12.1. The fourth-order valence-corrected chi connectivity index (χ4v) is 3.35. The minimum Gasteiger partial charge on any atom is -0.374 e. The van der Waals surface area contributed by atoms with E-state index in [1.54, 1.807) is 13.0 Å². The van der Waals surface area contributed by atoms with E-state index in [4.69, 9.17) is 32.5 Å². The van der Waals surface area contributed by atoms with Crippen molar-refractivity contribution < 1.29 is 18.8 Å². The van der Waals surface area contributed by atoms with Gasteiger partial charge in [0, 0.05) is 32.7 Å². The molecule has 1 aliphatic heterocycles. The fourth-order valence-electron chi connectivity index (χ4n) is 3.03. The zero-order valence-corrected chi connectivity index (χ0v) is 18.5. The quantitative estimate of drug-likeness (QED) is 0.537. The highest BCUT2D eigenvalue weighted by molar-refractivity contribution is 6.42. The smallest absolute Gasteiger partial charge is 0.315 e. The Morgan fingerprint density at radius 3 is 2.84 bits per heavy atom. The van der Waals surface area contributed by atoms with Crippen molar-refractivity contribution in [1.82, 2.24) is 31.0 Å². The molecular formula is C19H24Cl2N6O4. The Hall–Kier alpha value is -2.40. The number of morpholine rings is 1. The van der Waals surface area contributed by atoms with Gasteiger partial charge in [0.05, 0.1) is 29.3 Å². The number of rotatable bonds is 8. The number of carbonyl (C=O) groups excluding carboxylic acids is 2. The van der Waals surface area contributed by atoms with Gasteiger partial charge in [0.2, 0.25) is 5.89 Å². The molecular weight excluding hydrogens is 447 g/mol. The number of urea groups is 1. The van der Waals surface area contributed by atoms with Crippen LogP contribution >= 0.6 is 23.2 Å². The number of aromatic nitrogens is 2. The molecule has 3 rings (SSSR count). The van der Waals surface area contributed by atoms with E-state index in [-0.39, 0.29) is 24.4 Å². The largest absolute Gasteiger partial charge is 0.374 e. The van der Waals surface area contributed by atoms with Crippen LogP contribution in [0.1, 0.15) is 29.0 Å². The van der Waals surface area contributed by atoms with E-state index in [0.29, 0.717) is 42.8 Å². The topological polar surface area (TPSA) is 122 Å². The van der Waals surface area contributed by atoms with Gasteiger partial charge in [0.15, 0.2) is 0 Å². The predicted molar refractivity (Wildman–Crippen MR) is 114 cm³/mol. The summed E-state index contributed by atoms with van der Waals surface area (Å²) in [5.74, 6) is -0.364. The second-order valence-electron chi connectivity index (χ2n) is 6.91. The summed E-state index contributed by atoms with van der Waals surface area (Å²) in [5, 5.41) is 12.6. The first-order valence-corrected chi connectivity index (χ1v) is 10.6. The number of amides is 3. The molecule has 31 heavy (non-hydrogen) atoms. The molecule has 2 heterocycles. The van der Waals surface area contributed by atoms with Crippen molar-refractivity contribution >= 4 is 35.1 Å². The van der Waals surface area contributed by atoms with E-state index in [2.05, 4.69) is 31.0 Å². The molecule has 3 amide bonds. The third kappa shape index (κ3) is 7.06. The molecule has 0 unspecified atom stereocenters. The Kier molecular flexibility index (Phi) is 8.47. The number of nitrogens with one attached hydrogen (secondary N) is 3. The number of halogens is 2. The van der Waals surface area contributed by atoms with Gasteiger partial charge in [0.25, 0.3) is 11.7 Å². The third-order valence-electron chi connectivity index (χ3n) is 4.51. The Labute approximate surface area is 189 Å². The lowest BCUT2D eigenvalue weighted by Crippen LogP contribution is -2.48. The van der Waals surface area contributed by atoms with Crippen LogP contribution < -0.4 is 16.0 Å². The van der Waals surface area contributed by atoms with Crippen LogP contribution in [0.15, 0.2) is 22.7 Å². The van der Waals surface area contributed by atoms with E-state index in [1.165, 1.54) is 0 Å². The molecule has 1 atom stereocenters. The third-order valence-corrected chi connectivity index (χ3v) is 5.25. The molecule has 2 aromatic rings. The van der Waals surface area contributed by atoms with Gasteiger partial charge in [-0.15, -0.1) is 0 Å². The summed E-state index contributed by atoms with van der Waals surface area (Å²) in [6.07, 6.45) is -0.144. The molecule has 0 spiro atoms. The van der Waals surface area contributed by atoms with Crippen LogP contribution in [-0.4, -0.2) is 65.9 Å². The summed E-state index contributed by atoms with van der Waals surface area (Å²) in [5.41, 5.74) is 1.06. The van der Waals surface area contributed by atoms with Crippen molar-refractivity contribution in [3.63, 3.8) is 0 Å². The van der Waals surface area contributed by atoms with E-state index >= 15 is 0 Å². The van der Waals surface area contributed by atoms with E-state index < -0.39 is 11.9 Å². The predicted octanol–water partition coefficient (Wildman–Crippen LogP) is 1.83. The maximum absolute atomic E-state index is 12.1. The number of carbonyl (C=O) groups is 2. The van der Waals surface area contributed by atoms with Crippen LogP contribution in [0, 0.1) is 0 Å². The lowest BCUT2D eigenvalue weighted by Gasteiger charge is -2.33. The first-order valence-electron chi connectivity index (χ1n) is 9.85. The average Bonchev–Trinajstić information content (AvgIpc) is 3.23. The fraction of sp³-hybridized carbons (Fsp3) is 0.474. The number of ether oxygens (including phenoxy) is 1. The summed E-state index contributed by atoms with van der Waals surface area (Å²) in [4.78, 5) is 29.8. The summed E-state index contributed by atoms with van der Waals surface area (Å²) in [6, 6.07) is 5.18. The van der Waals surface area contributed by atoms with Crippen molar-refractivity contribution in [2.45, 2.75) is 26.1 Å². The summed E-state index contributed by atoms with van der Waals surface area (Å²) < 4.78 is 10.7. The van der Waals surface area contributed by atoms with Gasteiger partial charge < -0.3 is 25.2 Å². The monoisotopic (exact) mass is 470 g/mol. The highest BCUT2D eigenvalue weighted by Gasteiger charge is 2.21.